The molecule has 6 nitrogen and oxygen atoms in total. The molecule has 0 fully saturated rings. The number of carbonyl (C=O) groups is 2. The van der Waals surface area contributed by atoms with Crippen LogP contribution in [0.25, 0.3) is 11.6 Å². The average molecular weight is 429 g/mol. The first-order chi connectivity index (χ1) is 15.5. The van der Waals surface area contributed by atoms with E-state index in [1.165, 1.54) is 4.90 Å². The molecule has 0 N–H and O–H groups in total. The SMILES string of the molecule is COc1ccc(CN2C(=O)/C(=C\c3ccc(OC)c(OC)c3)c3ccccc3C2=O)cc1. The van der Waals surface area contributed by atoms with Gasteiger partial charge in [0.05, 0.1) is 27.9 Å². The number of benzene rings is 3. The van der Waals surface area contributed by atoms with Crippen LogP contribution in [0.5, 0.6) is 17.2 Å². The molecule has 0 spiro atoms. The van der Waals surface area contributed by atoms with Crippen molar-refractivity contribution in [2.45, 2.75) is 6.54 Å². The zero-order chi connectivity index (χ0) is 22.7. The fourth-order valence-corrected chi connectivity index (χ4v) is 3.71. The Morgan fingerprint density at radius 1 is 0.750 bits per heavy atom. The van der Waals surface area contributed by atoms with Crippen LogP contribution >= 0.6 is 0 Å². The summed E-state index contributed by atoms with van der Waals surface area (Å²) in [6, 6.07) is 19.9. The molecule has 0 saturated heterocycles. The van der Waals surface area contributed by atoms with Crippen LogP contribution in [-0.2, 0) is 11.3 Å². The smallest absolute Gasteiger partial charge is 0.261 e. The fraction of sp³-hybridized carbons (Fsp3) is 0.154. The molecule has 0 unspecified atom stereocenters. The van der Waals surface area contributed by atoms with E-state index in [0.29, 0.717) is 33.9 Å². The van der Waals surface area contributed by atoms with E-state index in [1.807, 2.05) is 36.4 Å². The first-order valence-electron chi connectivity index (χ1n) is 10.1. The third-order valence-corrected chi connectivity index (χ3v) is 5.39. The monoisotopic (exact) mass is 429 g/mol. The van der Waals surface area contributed by atoms with Gasteiger partial charge in [0.1, 0.15) is 5.75 Å². The third-order valence-electron chi connectivity index (χ3n) is 5.39. The van der Waals surface area contributed by atoms with Crippen molar-refractivity contribution in [1.29, 1.82) is 0 Å². The van der Waals surface area contributed by atoms with Gasteiger partial charge in [0.15, 0.2) is 11.5 Å². The van der Waals surface area contributed by atoms with Crippen molar-refractivity contribution in [3.63, 3.8) is 0 Å². The van der Waals surface area contributed by atoms with Crippen molar-refractivity contribution in [3.05, 3.63) is 89.0 Å². The van der Waals surface area contributed by atoms with E-state index in [2.05, 4.69) is 0 Å². The molecule has 0 aromatic heterocycles. The van der Waals surface area contributed by atoms with Crippen molar-refractivity contribution in [1.82, 2.24) is 4.90 Å². The molecule has 0 atom stereocenters. The summed E-state index contributed by atoms with van der Waals surface area (Å²) in [5, 5.41) is 0. The number of nitrogens with zero attached hydrogens (tertiary/aromatic N) is 1. The van der Waals surface area contributed by atoms with Crippen LogP contribution in [0.1, 0.15) is 27.0 Å². The van der Waals surface area contributed by atoms with Crippen LogP contribution in [0.2, 0.25) is 0 Å². The Morgan fingerprint density at radius 3 is 2.09 bits per heavy atom. The highest BCUT2D eigenvalue weighted by molar-refractivity contribution is 6.33. The van der Waals surface area contributed by atoms with Crippen LogP contribution in [0.15, 0.2) is 66.7 Å². The van der Waals surface area contributed by atoms with Gasteiger partial charge in [-0.2, -0.15) is 0 Å². The summed E-state index contributed by atoms with van der Waals surface area (Å²) in [5.41, 5.74) is 3.15. The highest BCUT2D eigenvalue weighted by Crippen LogP contribution is 2.34. The van der Waals surface area contributed by atoms with Gasteiger partial charge >= 0.3 is 0 Å². The van der Waals surface area contributed by atoms with Crippen LogP contribution in [0.3, 0.4) is 0 Å². The molecule has 1 aliphatic heterocycles. The minimum absolute atomic E-state index is 0.166. The predicted octanol–water partition coefficient (Wildman–Crippen LogP) is 4.44. The first-order valence-corrected chi connectivity index (χ1v) is 10.1. The Balaban J connectivity index is 1.76. The van der Waals surface area contributed by atoms with E-state index >= 15 is 0 Å². The van der Waals surface area contributed by atoms with Crippen LogP contribution in [0.4, 0.5) is 0 Å². The summed E-state index contributed by atoms with van der Waals surface area (Å²) in [6.07, 6.45) is 1.77. The maximum Gasteiger partial charge on any atom is 0.261 e. The van der Waals surface area contributed by atoms with E-state index in [9.17, 15) is 9.59 Å². The molecule has 3 aromatic carbocycles. The Kier molecular flexibility index (Phi) is 5.94. The van der Waals surface area contributed by atoms with Crippen LogP contribution in [-0.4, -0.2) is 38.0 Å². The highest BCUT2D eigenvalue weighted by Gasteiger charge is 2.34. The van der Waals surface area contributed by atoms with Gasteiger partial charge in [-0.15, -0.1) is 0 Å². The summed E-state index contributed by atoms with van der Waals surface area (Å²) in [6.45, 7) is 0.166. The molecule has 0 radical (unpaired) electrons. The lowest BCUT2D eigenvalue weighted by Crippen LogP contribution is -2.41. The van der Waals surface area contributed by atoms with Gasteiger partial charge in [-0.25, -0.2) is 0 Å². The van der Waals surface area contributed by atoms with Gasteiger partial charge in [-0.3, -0.25) is 14.5 Å². The molecule has 0 aliphatic carbocycles. The molecule has 162 valence electrons. The molecular weight excluding hydrogens is 406 g/mol. The second-order valence-electron chi connectivity index (χ2n) is 7.26. The van der Waals surface area contributed by atoms with Gasteiger partial charge in [-0.1, -0.05) is 36.4 Å². The number of fused-ring (bicyclic) bond motifs is 1. The zero-order valence-corrected chi connectivity index (χ0v) is 18.1. The molecule has 0 bridgehead atoms. The number of imide groups is 1. The van der Waals surface area contributed by atoms with Gasteiger partial charge < -0.3 is 14.2 Å². The fourth-order valence-electron chi connectivity index (χ4n) is 3.71. The molecule has 6 heteroatoms. The number of hydrogen-bond acceptors (Lipinski definition) is 5. The predicted molar refractivity (Wildman–Crippen MR) is 122 cm³/mol. The van der Waals surface area contributed by atoms with Gasteiger partial charge in [0, 0.05) is 11.1 Å². The average Bonchev–Trinajstić information content (AvgIpc) is 2.84. The first kappa shape index (κ1) is 21.2. The molecule has 3 aromatic rings. The maximum absolute atomic E-state index is 13.5. The third kappa shape index (κ3) is 3.95. The molecule has 1 aliphatic rings. The van der Waals surface area contributed by atoms with Crippen LogP contribution < -0.4 is 14.2 Å². The van der Waals surface area contributed by atoms with E-state index < -0.39 is 0 Å². The summed E-state index contributed by atoms with van der Waals surface area (Å²) < 4.78 is 15.9. The normalized spacial score (nSPS) is 14.3. The number of carbonyl (C=O) groups excluding carboxylic acids is 2. The minimum Gasteiger partial charge on any atom is -0.497 e. The minimum atomic E-state index is -0.348. The summed E-state index contributed by atoms with van der Waals surface area (Å²) in [7, 11) is 4.72. The lowest BCUT2D eigenvalue weighted by molar-refractivity contribution is -0.123. The summed E-state index contributed by atoms with van der Waals surface area (Å²) in [5.74, 6) is 1.21. The van der Waals surface area contributed by atoms with Gasteiger partial charge in [0.25, 0.3) is 11.8 Å². The van der Waals surface area contributed by atoms with E-state index in [0.717, 1.165) is 11.1 Å². The second-order valence-corrected chi connectivity index (χ2v) is 7.26. The summed E-state index contributed by atoms with van der Waals surface area (Å²) in [4.78, 5) is 27.9. The quantitative estimate of drug-likeness (QED) is 0.428. The molecule has 2 amide bonds. The zero-order valence-electron chi connectivity index (χ0n) is 18.1. The Labute approximate surface area is 186 Å². The Hall–Kier alpha value is -4.06. The lowest BCUT2D eigenvalue weighted by atomic mass is 9.91. The molecule has 32 heavy (non-hydrogen) atoms. The van der Waals surface area contributed by atoms with Crippen molar-refractivity contribution in [3.8, 4) is 17.2 Å². The summed E-state index contributed by atoms with van der Waals surface area (Å²) >= 11 is 0. The maximum atomic E-state index is 13.5. The topological polar surface area (TPSA) is 65.1 Å². The van der Waals surface area contributed by atoms with E-state index in [4.69, 9.17) is 14.2 Å². The molecule has 0 saturated carbocycles. The second kappa shape index (κ2) is 8.98. The van der Waals surface area contributed by atoms with Crippen molar-refractivity contribution in [2.24, 2.45) is 0 Å². The van der Waals surface area contributed by atoms with E-state index in [-0.39, 0.29) is 18.4 Å². The van der Waals surface area contributed by atoms with Crippen molar-refractivity contribution < 1.29 is 23.8 Å². The van der Waals surface area contributed by atoms with Crippen molar-refractivity contribution in [2.75, 3.05) is 21.3 Å². The molecule has 1 heterocycles. The largest absolute Gasteiger partial charge is 0.497 e. The molecule has 4 rings (SSSR count). The number of rotatable bonds is 6. The van der Waals surface area contributed by atoms with Gasteiger partial charge in [0.2, 0.25) is 0 Å². The number of hydrogen-bond donors (Lipinski definition) is 0. The van der Waals surface area contributed by atoms with Gasteiger partial charge in [-0.05, 0) is 53.1 Å². The standard InChI is InChI=1S/C26H23NO5/c1-30-19-11-8-17(9-12-19)16-27-25(28)21-7-5-4-6-20(21)22(26(27)29)14-18-10-13-23(31-2)24(15-18)32-3/h4-15H,16H2,1-3H3/b22-14-. The molecular formula is C26H23NO5. The van der Waals surface area contributed by atoms with E-state index in [1.54, 1.807) is 57.7 Å². The van der Waals surface area contributed by atoms with Crippen LogP contribution in [0, 0.1) is 0 Å². The van der Waals surface area contributed by atoms with Crippen molar-refractivity contribution >= 4 is 23.5 Å². The number of amides is 2. The highest BCUT2D eigenvalue weighted by atomic mass is 16.5. The Bertz CT molecular complexity index is 1200. The Morgan fingerprint density at radius 2 is 1.44 bits per heavy atom. The number of ether oxygens (including phenoxy) is 3. The lowest BCUT2D eigenvalue weighted by Gasteiger charge is -2.29. The number of methoxy groups -OCH3 is 3.